The molecule has 0 aromatic heterocycles. The van der Waals surface area contributed by atoms with Gasteiger partial charge in [0.25, 0.3) is 5.69 Å². The first-order chi connectivity index (χ1) is 7.56. The number of rotatable bonds is 2. The molecule has 0 fully saturated rings. The van der Waals surface area contributed by atoms with Crippen LogP contribution in [0, 0.1) is 34.7 Å². The van der Waals surface area contributed by atoms with Crippen LogP contribution in [0.3, 0.4) is 0 Å². The topological polar surface area (TPSA) is 63.4 Å². The van der Waals surface area contributed by atoms with Crippen LogP contribution in [0.2, 0.25) is 0 Å². The van der Waals surface area contributed by atoms with Crippen molar-refractivity contribution < 1.29 is 14.4 Å². The highest BCUT2D eigenvalue weighted by Gasteiger charge is 2.15. The van der Waals surface area contributed by atoms with E-state index in [1.165, 1.54) is 6.92 Å². The second-order valence-corrected chi connectivity index (χ2v) is 3.13. The molecule has 1 aromatic carbocycles. The van der Waals surface area contributed by atoms with E-state index >= 15 is 0 Å². The van der Waals surface area contributed by atoms with Gasteiger partial charge in [-0.15, -0.1) is 0 Å². The molecular weight excluding hydrogens is 213 g/mol. The van der Waals surface area contributed by atoms with Gasteiger partial charge in [0.1, 0.15) is 5.82 Å². The van der Waals surface area contributed by atoms with E-state index in [2.05, 4.69) is 11.8 Å². The summed E-state index contributed by atoms with van der Waals surface area (Å²) in [4.78, 5) is 9.96. The molecule has 16 heavy (non-hydrogen) atoms. The van der Waals surface area contributed by atoms with Gasteiger partial charge in [0, 0.05) is 17.5 Å². The Labute approximate surface area is 91.9 Å². The van der Waals surface area contributed by atoms with E-state index in [1.807, 2.05) is 0 Å². The van der Waals surface area contributed by atoms with Crippen molar-refractivity contribution >= 4 is 5.69 Å². The SMILES string of the molecule is Cc1c(C#CCCO)cc(F)cc1[N+](=O)[O-]. The quantitative estimate of drug-likeness (QED) is 0.472. The van der Waals surface area contributed by atoms with E-state index < -0.39 is 10.7 Å². The number of hydrogen-bond donors (Lipinski definition) is 1. The van der Waals surface area contributed by atoms with Gasteiger partial charge in [0.2, 0.25) is 0 Å². The van der Waals surface area contributed by atoms with Gasteiger partial charge in [-0.2, -0.15) is 0 Å². The predicted octanol–water partition coefficient (Wildman–Crippen LogP) is 1.78. The van der Waals surface area contributed by atoms with Gasteiger partial charge >= 0.3 is 0 Å². The van der Waals surface area contributed by atoms with Gasteiger partial charge in [-0.05, 0) is 13.0 Å². The van der Waals surface area contributed by atoms with Gasteiger partial charge in [-0.25, -0.2) is 4.39 Å². The van der Waals surface area contributed by atoms with E-state index in [9.17, 15) is 14.5 Å². The molecule has 0 saturated heterocycles. The monoisotopic (exact) mass is 223 g/mol. The van der Waals surface area contributed by atoms with E-state index in [0.29, 0.717) is 5.56 Å². The Hall–Kier alpha value is -1.93. The van der Waals surface area contributed by atoms with Gasteiger partial charge < -0.3 is 5.11 Å². The van der Waals surface area contributed by atoms with Crippen LogP contribution in [0.4, 0.5) is 10.1 Å². The third-order valence-corrected chi connectivity index (χ3v) is 2.00. The number of benzene rings is 1. The van der Waals surface area contributed by atoms with Crippen molar-refractivity contribution in [2.24, 2.45) is 0 Å². The Kier molecular flexibility index (Phi) is 3.97. The Balaban J connectivity index is 3.21. The smallest absolute Gasteiger partial charge is 0.276 e. The fraction of sp³-hybridized carbons (Fsp3) is 0.273. The van der Waals surface area contributed by atoms with E-state index in [1.54, 1.807) is 0 Å². The predicted molar refractivity (Wildman–Crippen MR) is 56.4 cm³/mol. The summed E-state index contributed by atoms with van der Waals surface area (Å²) in [5, 5.41) is 19.1. The van der Waals surface area contributed by atoms with Gasteiger partial charge in [-0.1, -0.05) is 11.8 Å². The second kappa shape index (κ2) is 5.24. The maximum atomic E-state index is 13.1. The number of nitro groups is 1. The Morgan fingerprint density at radius 1 is 1.56 bits per heavy atom. The molecule has 0 radical (unpaired) electrons. The van der Waals surface area contributed by atoms with Gasteiger partial charge in [0.15, 0.2) is 0 Å². The van der Waals surface area contributed by atoms with E-state index in [4.69, 9.17) is 5.11 Å². The molecule has 0 aliphatic heterocycles. The standard InChI is InChI=1S/C11H10FNO3/c1-8-9(4-2-3-5-14)6-10(12)7-11(8)13(15)16/h6-7,14H,3,5H2,1H3. The lowest BCUT2D eigenvalue weighted by Gasteiger charge is -2.00. The molecule has 5 heteroatoms. The van der Waals surface area contributed by atoms with Crippen molar-refractivity contribution in [3.05, 3.63) is 39.2 Å². The molecule has 1 aromatic rings. The molecule has 84 valence electrons. The minimum absolute atomic E-state index is 0.0938. The molecule has 0 atom stereocenters. The molecule has 0 aliphatic rings. The lowest BCUT2D eigenvalue weighted by Crippen LogP contribution is -1.96. The molecule has 1 N–H and O–H groups in total. The van der Waals surface area contributed by atoms with Crippen molar-refractivity contribution in [2.45, 2.75) is 13.3 Å². The zero-order chi connectivity index (χ0) is 12.1. The van der Waals surface area contributed by atoms with Crippen LogP contribution in [0.25, 0.3) is 0 Å². The first-order valence-corrected chi connectivity index (χ1v) is 4.60. The van der Waals surface area contributed by atoms with Crippen LogP contribution in [0.15, 0.2) is 12.1 Å². The molecule has 0 bridgehead atoms. The van der Waals surface area contributed by atoms with Crippen LogP contribution in [0.5, 0.6) is 0 Å². The summed E-state index contributed by atoms with van der Waals surface area (Å²) < 4.78 is 13.1. The van der Waals surface area contributed by atoms with E-state index in [0.717, 1.165) is 12.1 Å². The minimum Gasteiger partial charge on any atom is -0.395 e. The molecule has 0 saturated carbocycles. The van der Waals surface area contributed by atoms with Crippen LogP contribution < -0.4 is 0 Å². The molecule has 0 heterocycles. The van der Waals surface area contributed by atoms with Crippen molar-refractivity contribution in [2.75, 3.05) is 6.61 Å². The number of nitro benzene ring substituents is 1. The Bertz CT molecular complexity index is 474. The minimum atomic E-state index is -0.689. The molecule has 4 nitrogen and oxygen atoms in total. The molecule has 0 unspecified atom stereocenters. The molecule has 0 aliphatic carbocycles. The summed E-state index contributed by atoms with van der Waals surface area (Å²) in [5.41, 5.74) is 0.324. The maximum Gasteiger partial charge on any atom is 0.276 e. The third kappa shape index (κ3) is 2.78. The lowest BCUT2D eigenvalue weighted by molar-refractivity contribution is -0.385. The Morgan fingerprint density at radius 3 is 2.81 bits per heavy atom. The highest BCUT2D eigenvalue weighted by atomic mass is 19.1. The summed E-state index contributed by atoms with van der Waals surface area (Å²) >= 11 is 0. The van der Waals surface area contributed by atoms with Crippen molar-refractivity contribution in [3.63, 3.8) is 0 Å². The second-order valence-electron chi connectivity index (χ2n) is 3.13. The van der Waals surface area contributed by atoms with Gasteiger partial charge in [0.05, 0.1) is 17.6 Å². The summed E-state index contributed by atoms with van der Waals surface area (Å²) in [6, 6.07) is 2.01. The van der Waals surface area contributed by atoms with Gasteiger partial charge in [-0.3, -0.25) is 10.1 Å². The first-order valence-electron chi connectivity index (χ1n) is 4.60. The maximum absolute atomic E-state index is 13.1. The number of halogens is 1. The van der Waals surface area contributed by atoms with Crippen molar-refractivity contribution in [1.29, 1.82) is 0 Å². The zero-order valence-corrected chi connectivity index (χ0v) is 8.66. The largest absolute Gasteiger partial charge is 0.395 e. The average Bonchev–Trinajstić information content (AvgIpc) is 2.22. The number of aliphatic hydroxyl groups excluding tert-OH is 1. The third-order valence-electron chi connectivity index (χ3n) is 2.00. The first kappa shape index (κ1) is 12.1. The number of nitrogens with zero attached hydrogens (tertiary/aromatic N) is 1. The normalized spacial score (nSPS) is 9.44. The van der Waals surface area contributed by atoms with Crippen LogP contribution in [-0.2, 0) is 0 Å². The van der Waals surface area contributed by atoms with Crippen LogP contribution >= 0.6 is 0 Å². The summed E-state index contributed by atoms with van der Waals surface area (Å²) in [7, 11) is 0. The summed E-state index contributed by atoms with van der Waals surface area (Å²) in [6.45, 7) is 1.42. The number of aliphatic hydroxyl groups is 1. The highest BCUT2D eigenvalue weighted by Crippen LogP contribution is 2.22. The molecule has 0 spiro atoms. The number of hydrogen-bond acceptors (Lipinski definition) is 3. The van der Waals surface area contributed by atoms with Crippen LogP contribution in [0.1, 0.15) is 17.5 Å². The molecular formula is C11H10FNO3. The average molecular weight is 223 g/mol. The fourth-order valence-corrected chi connectivity index (χ4v) is 1.20. The highest BCUT2D eigenvalue weighted by molar-refractivity contribution is 5.52. The lowest BCUT2D eigenvalue weighted by atomic mass is 10.1. The fourth-order valence-electron chi connectivity index (χ4n) is 1.20. The van der Waals surface area contributed by atoms with Crippen LogP contribution in [-0.4, -0.2) is 16.6 Å². The summed E-state index contributed by atoms with van der Waals surface area (Å²) in [6.07, 6.45) is 0.254. The Morgan fingerprint density at radius 2 is 2.25 bits per heavy atom. The summed E-state index contributed by atoms with van der Waals surface area (Å²) in [5.74, 6) is 4.50. The van der Waals surface area contributed by atoms with Crippen molar-refractivity contribution in [3.8, 4) is 11.8 Å². The zero-order valence-electron chi connectivity index (χ0n) is 8.66. The van der Waals surface area contributed by atoms with E-state index in [-0.39, 0.29) is 24.3 Å². The van der Waals surface area contributed by atoms with Crippen molar-refractivity contribution in [1.82, 2.24) is 0 Å². The molecule has 0 amide bonds. The molecule has 1 rings (SSSR count).